The van der Waals surface area contributed by atoms with E-state index in [0.29, 0.717) is 5.92 Å². The molecule has 0 spiro atoms. The lowest BCUT2D eigenvalue weighted by Crippen LogP contribution is -2.09. The monoisotopic (exact) mass is 261 g/mol. The molecule has 0 aliphatic rings. The predicted molar refractivity (Wildman–Crippen MR) is 77.5 cm³/mol. The highest BCUT2D eigenvalue weighted by atomic mass is 32.1. The summed E-state index contributed by atoms with van der Waals surface area (Å²) in [4.78, 5) is 10.6. The summed E-state index contributed by atoms with van der Waals surface area (Å²) in [7, 11) is 1.92. The average molecular weight is 261 g/mol. The lowest BCUT2D eigenvalue weighted by Gasteiger charge is -2.15. The van der Waals surface area contributed by atoms with Crippen LogP contribution in [0.15, 0.2) is 17.5 Å². The van der Waals surface area contributed by atoms with Gasteiger partial charge >= 0.3 is 0 Å². The molecule has 0 aliphatic heterocycles. The van der Waals surface area contributed by atoms with Crippen LogP contribution in [-0.2, 0) is 6.42 Å². The van der Waals surface area contributed by atoms with Crippen LogP contribution < -0.4 is 5.32 Å². The van der Waals surface area contributed by atoms with Crippen molar-refractivity contribution < 1.29 is 0 Å². The van der Waals surface area contributed by atoms with Gasteiger partial charge in [0.05, 0.1) is 0 Å². The van der Waals surface area contributed by atoms with Gasteiger partial charge < -0.3 is 5.32 Å². The molecule has 2 aromatic rings. The smallest absolute Gasteiger partial charge is 0.136 e. The van der Waals surface area contributed by atoms with Crippen molar-refractivity contribution in [3.05, 3.63) is 39.5 Å². The van der Waals surface area contributed by atoms with Crippen molar-refractivity contribution in [3.8, 4) is 0 Å². The van der Waals surface area contributed by atoms with Crippen LogP contribution in [0.5, 0.6) is 0 Å². The largest absolute Gasteiger partial charge is 0.373 e. The van der Waals surface area contributed by atoms with E-state index in [-0.39, 0.29) is 0 Å². The zero-order chi connectivity index (χ0) is 13.1. The second kappa shape index (κ2) is 5.48. The number of rotatable bonds is 4. The van der Waals surface area contributed by atoms with Crippen LogP contribution in [0.3, 0.4) is 0 Å². The van der Waals surface area contributed by atoms with E-state index in [4.69, 9.17) is 0 Å². The number of anilines is 1. The summed E-state index contributed by atoms with van der Waals surface area (Å²) in [5, 5.41) is 5.28. The maximum atomic E-state index is 4.63. The van der Waals surface area contributed by atoms with Gasteiger partial charge in [-0.1, -0.05) is 19.9 Å². The maximum Gasteiger partial charge on any atom is 0.136 e. The zero-order valence-electron chi connectivity index (χ0n) is 11.3. The fourth-order valence-corrected chi connectivity index (χ4v) is 2.87. The minimum atomic E-state index is 0.434. The minimum absolute atomic E-state index is 0.434. The van der Waals surface area contributed by atoms with E-state index >= 15 is 0 Å². The van der Waals surface area contributed by atoms with Crippen LogP contribution in [0, 0.1) is 6.92 Å². The van der Waals surface area contributed by atoms with E-state index in [2.05, 4.69) is 53.6 Å². The van der Waals surface area contributed by atoms with Gasteiger partial charge in [-0.25, -0.2) is 9.97 Å². The Balaban J connectivity index is 2.36. The van der Waals surface area contributed by atoms with Gasteiger partial charge in [-0.05, 0) is 24.3 Å². The summed E-state index contributed by atoms with van der Waals surface area (Å²) in [5.41, 5.74) is 2.29. The van der Waals surface area contributed by atoms with Crippen molar-refractivity contribution in [1.29, 1.82) is 0 Å². The average Bonchev–Trinajstić information content (AvgIpc) is 2.80. The quantitative estimate of drug-likeness (QED) is 0.913. The van der Waals surface area contributed by atoms with Crippen molar-refractivity contribution in [3.63, 3.8) is 0 Å². The van der Waals surface area contributed by atoms with Gasteiger partial charge in [0.2, 0.25) is 0 Å². The molecule has 1 N–H and O–H groups in total. The van der Waals surface area contributed by atoms with E-state index in [1.165, 1.54) is 10.4 Å². The first-order valence-electron chi connectivity index (χ1n) is 6.19. The fraction of sp³-hybridized carbons (Fsp3) is 0.429. The van der Waals surface area contributed by atoms with Crippen molar-refractivity contribution in [2.75, 3.05) is 12.4 Å². The van der Waals surface area contributed by atoms with E-state index in [1.807, 2.05) is 7.05 Å². The number of hydrogen-bond donors (Lipinski definition) is 1. The van der Waals surface area contributed by atoms with E-state index in [9.17, 15) is 0 Å². The molecule has 0 unspecified atom stereocenters. The Morgan fingerprint density at radius 2 is 2.11 bits per heavy atom. The molecule has 0 aliphatic carbocycles. The predicted octanol–water partition coefficient (Wildman–Crippen LogP) is 3.60. The van der Waals surface area contributed by atoms with Crippen LogP contribution >= 0.6 is 11.3 Å². The first kappa shape index (κ1) is 13.0. The Kier molecular flexibility index (Phi) is 3.97. The van der Waals surface area contributed by atoms with Crippen molar-refractivity contribution in [1.82, 2.24) is 9.97 Å². The maximum absolute atomic E-state index is 4.63. The molecular formula is C14H19N3S. The van der Waals surface area contributed by atoms with Crippen molar-refractivity contribution in [2.45, 2.75) is 33.1 Å². The van der Waals surface area contributed by atoms with Gasteiger partial charge in [0.25, 0.3) is 0 Å². The molecule has 0 fully saturated rings. The van der Waals surface area contributed by atoms with Gasteiger partial charge in [-0.2, -0.15) is 0 Å². The van der Waals surface area contributed by atoms with E-state index < -0.39 is 0 Å². The number of thiophene rings is 1. The van der Waals surface area contributed by atoms with Gasteiger partial charge in [0.15, 0.2) is 0 Å². The molecule has 4 heteroatoms. The number of nitrogens with zero attached hydrogens (tertiary/aromatic N) is 2. The molecule has 0 aromatic carbocycles. The molecule has 0 atom stereocenters. The Morgan fingerprint density at radius 1 is 1.33 bits per heavy atom. The van der Waals surface area contributed by atoms with Crippen molar-refractivity contribution >= 4 is 17.2 Å². The van der Waals surface area contributed by atoms with Crippen molar-refractivity contribution in [2.24, 2.45) is 0 Å². The third kappa shape index (κ3) is 2.70. The molecule has 0 amide bonds. The molecule has 0 radical (unpaired) electrons. The molecule has 0 saturated heterocycles. The molecule has 2 aromatic heterocycles. The zero-order valence-corrected chi connectivity index (χ0v) is 12.1. The van der Waals surface area contributed by atoms with Crippen LogP contribution in [0.25, 0.3) is 0 Å². The Bertz CT molecular complexity index is 518. The molecular weight excluding hydrogens is 242 g/mol. The van der Waals surface area contributed by atoms with Gasteiger partial charge in [-0.15, -0.1) is 11.3 Å². The summed E-state index contributed by atoms with van der Waals surface area (Å²) in [6.07, 6.45) is 0.811. The molecule has 0 saturated carbocycles. The number of hydrogen-bond acceptors (Lipinski definition) is 4. The first-order valence-corrected chi connectivity index (χ1v) is 7.07. The lowest BCUT2D eigenvalue weighted by molar-refractivity contribution is 0.815. The molecule has 0 bridgehead atoms. The summed E-state index contributed by atoms with van der Waals surface area (Å²) in [6, 6.07) is 4.19. The van der Waals surface area contributed by atoms with Crippen LogP contribution in [-0.4, -0.2) is 17.0 Å². The fourth-order valence-electron chi connectivity index (χ4n) is 2.17. The number of aromatic nitrogens is 2. The summed E-state index contributed by atoms with van der Waals surface area (Å²) in [5.74, 6) is 2.29. The second-order valence-electron chi connectivity index (χ2n) is 4.65. The highest BCUT2D eigenvalue weighted by molar-refractivity contribution is 7.09. The third-order valence-corrected chi connectivity index (χ3v) is 3.79. The Morgan fingerprint density at radius 3 is 2.67 bits per heavy atom. The Labute approximate surface area is 112 Å². The standard InChI is InChI=1S/C14H19N3S/c1-9(2)13-10(3)16-12(17-14(13)15-4)8-11-6-5-7-18-11/h5-7,9H,8H2,1-4H3,(H,15,16,17). The van der Waals surface area contributed by atoms with E-state index in [1.54, 1.807) is 11.3 Å². The number of nitrogens with one attached hydrogen (secondary N) is 1. The van der Waals surface area contributed by atoms with Gasteiger partial charge in [-0.3, -0.25) is 0 Å². The molecule has 3 nitrogen and oxygen atoms in total. The van der Waals surface area contributed by atoms with Gasteiger partial charge in [0.1, 0.15) is 11.6 Å². The van der Waals surface area contributed by atoms with Crippen LogP contribution in [0.1, 0.15) is 41.7 Å². The number of aryl methyl sites for hydroxylation is 1. The van der Waals surface area contributed by atoms with Crippen LogP contribution in [0.2, 0.25) is 0 Å². The normalized spacial score (nSPS) is 10.9. The van der Waals surface area contributed by atoms with E-state index in [0.717, 1.165) is 23.8 Å². The van der Waals surface area contributed by atoms with Gasteiger partial charge in [0, 0.05) is 29.6 Å². The molecule has 2 rings (SSSR count). The van der Waals surface area contributed by atoms with Crippen LogP contribution in [0.4, 0.5) is 5.82 Å². The first-order chi connectivity index (χ1) is 8.61. The Hall–Kier alpha value is -1.42. The second-order valence-corrected chi connectivity index (χ2v) is 5.68. The highest BCUT2D eigenvalue weighted by Gasteiger charge is 2.14. The molecule has 18 heavy (non-hydrogen) atoms. The lowest BCUT2D eigenvalue weighted by atomic mass is 10.0. The highest BCUT2D eigenvalue weighted by Crippen LogP contribution is 2.25. The summed E-state index contributed by atoms with van der Waals surface area (Å²) < 4.78 is 0. The topological polar surface area (TPSA) is 37.8 Å². The molecule has 96 valence electrons. The molecule has 2 heterocycles. The summed E-state index contributed by atoms with van der Waals surface area (Å²) in [6.45, 7) is 6.41. The summed E-state index contributed by atoms with van der Waals surface area (Å²) >= 11 is 1.75. The SMILES string of the molecule is CNc1nc(Cc2cccs2)nc(C)c1C(C)C. The minimum Gasteiger partial charge on any atom is -0.373 e. The third-order valence-electron chi connectivity index (χ3n) is 2.91.